The van der Waals surface area contributed by atoms with Crippen LogP contribution >= 0.6 is 11.6 Å². The molecule has 2 aromatic carbocycles. The average Bonchev–Trinajstić information content (AvgIpc) is 2.82. The summed E-state index contributed by atoms with van der Waals surface area (Å²) in [5, 5.41) is 3.90. The first-order valence-electron chi connectivity index (χ1n) is 10.9. The molecule has 8 heteroatoms. The van der Waals surface area contributed by atoms with E-state index < -0.39 is 18.0 Å². The lowest BCUT2D eigenvalue weighted by atomic mass is 9.95. The quantitative estimate of drug-likeness (QED) is 0.539. The largest absolute Gasteiger partial charge is 0.495 e. The summed E-state index contributed by atoms with van der Waals surface area (Å²) in [4.78, 5) is 33.2. The Balaban J connectivity index is 1.61. The zero-order valence-corrected chi connectivity index (χ0v) is 19.6. The lowest BCUT2D eigenvalue weighted by molar-refractivity contribution is -0.123. The van der Waals surface area contributed by atoms with E-state index in [1.165, 1.54) is 7.11 Å². The number of esters is 1. The van der Waals surface area contributed by atoms with Crippen molar-refractivity contribution >= 4 is 40.1 Å². The third-order valence-electron chi connectivity index (χ3n) is 5.85. The normalized spacial score (nSPS) is 14.4. The maximum Gasteiger partial charge on any atom is 0.339 e. The molecule has 1 unspecified atom stereocenters. The van der Waals surface area contributed by atoms with Crippen molar-refractivity contribution in [3.63, 3.8) is 0 Å². The van der Waals surface area contributed by atoms with Gasteiger partial charge in [-0.25, -0.2) is 4.79 Å². The van der Waals surface area contributed by atoms with Crippen molar-refractivity contribution in [3.05, 3.63) is 64.3 Å². The van der Waals surface area contributed by atoms with Gasteiger partial charge in [0.05, 0.1) is 23.9 Å². The Bertz CT molecular complexity index is 1210. The van der Waals surface area contributed by atoms with Crippen LogP contribution in [-0.4, -0.2) is 48.1 Å². The molecule has 1 amide bonds. The van der Waals surface area contributed by atoms with E-state index in [9.17, 15) is 9.59 Å². The number of carbonyl (C=O) groups excluding carboxylic acids is 2. The number of carbonyl (C=O) groups is 2. The molecule has 1 aromatic heterocycles. The summed E-state index contributed by atoms with van der Waals surface area (Å²) in [6.45, 7) is 6.02. The predicted octanol–water partition coefficient (Wildman–Crippen LogP) is 4.46. The molecule has 0 radical (unpaired) electrons. The summed E-state index contributed by atoms with van der Waals surface area (Å²) in [6.07, 6.45) is -0.270. The molecule has 0 spiro atoms. The molecular weight excluding hydrogens is 442 g/mol. The minimum absolute atomic E-state index is 0.406. The molecule has 7 nitrogen and oxygen atoms in total. The summed E-state index contributed by atoms with van der Waals surface area (Å²) >= 11 is 6.05. The van der Waals surface area contributed by atoms with Crippen LogP contribution in [0.1, 0.15) is 35.5 Å². The third kappa shape index (κ3) is 4.79. The number of fused-ring (bicyclic) bond motifs is 2. The second kappa shape index (κ2) is 9.77. The molecule has 172 valence electrons. The van der Waals surface area contributed by atoms with Crippen LogP contribution in [0.15, 0.2) is 42.5 Å². The van der Waals surface area contributed by atoms with E-state index >= 15 is 0 Å². The lowest BCUT2D eigenvalue weighted by Crippen LogP contribution is -2.34. The van der Waals surface area contributed by atoms with Crippen molar-refractivity contribution in [3.8, 4) is 5.75 Å². The molecule has 0 aliphatic carbocycles. The molecule has 3 aromatic rings. The highest BCUT2D eigenvalue weighted by atomic mass is 35.5. The molecular formula is C25H26ClN3O4. The Labute approximate surface area is 197 Å². The number of ether oxygens (including phenoxy) is 2. The van der Waals surface area contributed by atoms with Crippen LogP contribution in [0.3, 0.4) is 0 Å². The number of para-hydroxylation sites is 1. The van der Waals surface area contributed by atoms with Gasteiger partial charge < -0.3 is 14.8 Å². The highest BCUT2D eigenvalue weighted by Crippen LogP contribution is 2.30. The van der Waals surface area contributed by atoms with Gasteiger partial charge in [0.25, 0.3) is 5.91 Å². The van der Waals surface area contributed by atoms with Gasteiger partial charge in [-0.15, -0.1) is 0 Å². The van der Waals surface area contributed by atoms with E-state index in [0.29, 0.717) is 28.6 Å². The number of halogens is 1. The van der Waals surface area contributed by atoms with Crippen molar-refractivity contribution in [2.45, 2.75) is 32.9 Å². The smallest absolute Gasteiger partial charge is 0.339 e. The summed E-state index contributed by atoms with van der Waals surface area (Å²) < 4.78 is 10.9. The monoisotopic (exact) mass is 467 g/mol. The number of amides is 1. The number of nitrogens with one attached hydrogen (secondary N) is 1. The van der Waals surface area contributed by atoms with Gasteiger partial charge >= 0.3 is 5.97 Å². The summed E-state index contributed by atoms with van der Waals surface area (Å²) in [5.74, 6) is -0.560. The minimum atomic E-state index is -1.03. The van der Waals surface area contributed by atoms with E-state index in [1.807, 2.05) is 24.3 Å². The van der Waals surface area contributed by atoms with Crippen LogP contribution in [0.2, 0.25) is 5.02 Å². The average molecular weight is 468 g/mol. The van der Waals surface area contributed by atoms with Crippen LogP contribution in [0.25, 0.3) is 10.9 Å². The van der Waals surface area contributed by atoms with Gasteiger partial charge in [-0.05, 0) is 37.7 Å². The molecule has 0 saturated heterocycles. The van der Waals surface area contributed by atoms with Gasteiger partial charge in [0.15, 0.2) is 6.10 Å². The predicted molar refractivity (Wildman–Crippen MR) is 128 cm³/mol. The number of hydrogen-bond acceptors (Lipinski definition) is 6. The molecule has 33 heavy (non-hydrogen) atoms. The number of pyridine rings is 1. The number of benzene rings is 2. The Morgan fingerprint density at radius 2 is 2.03 bits per heavy atom. The molecule has 2 heterocycles. The van der Waals surface area contributed by atoms with Crippen molar-refractivity contribution < 1.29 is 19.1 Å². The van der Waals surface area contributed by atoms with Gasteiger partial charge in [0.1, 0.15) is 5.75 Å². The second-order valence-corrected chi connectivity index (χ2v) is 8.37. The van der Waals surface area contributed by atoms with E-state index in [2.05, 4.69) is 17.1 Å². The fraction of sp³-hybridized carbons (Fsp3) is 0.320. The van der Waals surface area contributed by atoms with Crippen LogP contribution in [0.4, 0.5) is 5.69 Å². The van der Waals surface area contributed by atoms with E-state index in [1.54, 1.807) is 25.1 Å². The molecule has 0 saturated carbocycles. The summed E-state index contributed by atoms with van der Waals surface area (Å²) in [7, 11) is 1.50. The minimum Gasteiger partial charge on any atom is -0.495 e. The van der Waals surface area contributed by atoms with Crippen LogP contribution in [0, 0.1) is 0 Å². The zero-order chi connectivity index (χ0) is 23.5. The molecule has 1 atom stereocenters. The van der Waals surface area contributed by atoms with Crippen LogP contribution in [0.5, 0.6) is 5.75 Å². The SMILES string of the molecule is CCN1CCc2nc3ccccc3c(C(=O)OC(C)C(=O)Nc3cc(Cl)ccc3OC)c2C1. The summed E-state index contributed by atoms with van der Waals surface area (Å²) in [5.41, 5.74) is 3.41. The molecule has 0 fully saturated rings. The zero-order valence-electron chi connectivity index (χ0n) is 18.9. The van der Waals surface area contributed by atoms with Crippen molar-refractivity contribution in [2.75, 3.05) is 25.5 Å². The number of nitrogens with zero attached hydrogens (tertiary/aromatic N) is 2. The molecule has 1 N–H and O–H groups in total. The van der Waals surface area contributed by atoms with E-state index in [0.717, 1.165) is 41.7 Å². The Morgan fingerprint density at radius 1 is 1.24 bits per heavy atom. The number of rotatable bonds is 6. The van der Waals surface area contributed by atoms with Gasteiger partial charge in [-0.1, -0.05) is 36.7 Å². The van der Waals surface area contributed by atoms with Gasteiger partial charge in [0, 0.05) is 41.2 Å². The molecule has 1 aliphatic rings. The summed E-state index contributed by atoms with van der Waals surface area (Å²) in [6, 6.07) is 12.4. The molecule has 4 rings (SSSR count). The number of likely N-dealkylation sites (N-methyl/N-ethyl adjacent to an activating group) is 1. The maximum absolute atomic E-state index is 13.4. The highest BCUT2D eigenvalue weighted by molar-refractivity contribution is 6.31. The fourth-order valence-corrected chi connectivity index (χ4v) is 4.21. The van der Waals surface area contributed by atoms with Gasteiger partial charge in [0.2, 0.25) is 0 Å². The van der Waals surface area contributed by atoms with Gasteiger partial charge in [-0.2, -0.15) is 0 Å². The Hall–Kier alpha value is -3.16. The van der Waals surface area contributed by atoms with Crippen molar-refractivity contribution in [2.24, 2.45) is 0 Å². The maximum atomic E-state index is 13.4. The number of anilines is 1. The van der Waals surface area contributed by atoms with Gasteiger partial charge in [-0.3, -0.25) is 14.7 Å². The van der Waals surface area contributed by atoms with E-state index in [4.69, 9.17) is 26.1 Å². The fourth-order valence-electron chi connectivity index (χ4n) is 4.03. The molecule has 0 bridgehead atoms. The number of methoxy groups -OCH3 is 1. The first-order valence-corrected chi connectivity index (χ1v) is 11.3. The van der Waals surface area contributed by atoms with Crippen LogP contribution in [-0.2, 0) is 22.5 Å². The Morgan fingerprint density at radius 3 is 2.79 bits per heavy atom. The first kappa shape index (κ1) is 23.0. The third-order valence-corrected chi connectivity index (χ3v) is 6.08. The topological polar surface area (TPSA) is 80.8 Å². The van der Waals surface area contributed by atoms with E-state index in [-0.39, 0.29) is 0 Å². The second-order valence-electron chi connectivity index (χ2n) is 7.93. The standard InChI is InChI=1S/C25H26ClN3O4/c1-4-29-12-11-20-18(14-29)23(17-7-5-6-8-19(17)27-20)25(31)33-15(2)24(30)28-21-13-16(26)9-10-22(21)32-3/h5-10,13,15H,4,11-12,14H2,1-3H3,(H,28,30). The van der Waals surface area contributed by atoms with Crippen molar-refractivity contribution in [1.29, 1.82) is 0 Å². The highest BCUT2D eigenvalue weighted by Gasteiger charge is 2.28. The number of hydrogen-bond donors (Lipinski definition) is 1. The van der Waals surface area contributed by atoms with Crippen LogP contribution < -0.4 is 10.1 Å². The Kier molecular flexibility index (Phi) is 6.81. The lowest BCUT2D eigenvalue weighted by Gasteiger charge is -2.29. The first-order chi connectivity index (χ1) is 15.9. The number of aromatic nitrogens is 1. The molecule has 1 aliphatic heterocycles. The van der Waals surface area contributed by atoms with Crippen molar-refractivity contribution in [1.82, 2.24) is 9.88 Å².